The van der Waals surface area contributed by atoms with Gasteiger partial charge in [0.2, 0.25) is 5.91 Å². The van der Waals surface area contributed by atoms with Gasteiger partial charge in [-0.2, -0.15) is 12.6 Å². The van der Waals surface area contributed by atoms with Gasteiger partial charge in [0.25, 0.3) is 0 Å². The molecule has 1 aliphatic heterocycles. The zero-order valence-corrected chi connectivity index (χ0v) is 12.6. The number of hydrogen-bond acceptors (Lipinski definition) is 3. The number of aliphatic carboxylic acids is 1. The largest absolute Gasteiger partial charge is 0.480 e. The molecule has 3 atom stereocenters. The minimum Gasteiger partial charge on any atom is -0.480 e. The number of hydrogen-bond donors (Lipinski definition) is 2. The van der Waals surface area contributed by atoms with Crippen molar-refractivity contribution in [1.29, 1.82) is 0 Å². The highest BCUT2D eigenvalue weighted by atomic mass is 32.1. The average Bonchev–Trinajstić information content (AvgIpc) is 2.92. The number of amides is 1. The third-order valence-electron chi connectivity index (χ3n) is 4.13. The summed E-state index contributed by atoms with van der Waals surface area (Å²) in [4.78, 5) is 25.2. The monoisotopic (exact) mass is 295 g/mol. The van der Waals surface area contributed by atoms with E-state index in [0.717, 1.165) is 12.8 Å². The number of carbonyl (C=O) groups excluding carboxylic acids is 1. The lowest BCUT2D eigenvalue weighted by Crippen LogP contribution is -2.43. The van der Waals surface area contributed by atoms with Crippen LogP contribution in [0.25, 0.3) is 0 Å². The molecule has 2 unspecified atom stereocenters. The van der Waals surface area contributed by atoms with Crippen LogP contribution in [0.1, 0.15) is 26.2 Å². The maximum absolute atomic E-state index is 12.3. The first-order valence-electron chi connectivity index (χ1n) is 7.02. The van der Waals surface area contributed by atoms with Gasteiger partial charge in [0.15, 0.2) is 0 Å². The molecule has 1 saturated heterocycles. The lowest BCUT2D eigenvalue weighted by molar-refractivity contribution is -0.149. The third-order valence-corrected chi connectivity index (χ3v) is 4.67. The Kier molecular flexibility index (Phi) is 4.91. The quantitative estimate of drug-likeness (QED) is 0.617. The van der Waals surface area contributed by atoms with Crippen molar-refractivity contribution in [2.24, 2.45) is 11.8 Å². The zero-order chi connectivity index (χ0) is 14.7. The van der Waals surface area contributed by atoms with Gasteiger partial charge < -0.3 is 10.0 Å². The molecule has 0 aromatic heterocycles. The fraction of sp³-hybridized carbons (Fsp3) is 0.600. The van der Waals surface area contributed by atoms with Crippen LogP contribution in [0.15, 0.2) is 23.8 Å². The molecule has 1 fully saturated rings. The highest BCUT2D eigenvalue weighted by Crippen LogP contribution is 2.33. The lowest BCUT2D eigenvalue weighted by Gasteiger charge is -2.24. The van der Waals surface area contributed by atoms with Crippen LogP contribution in [0.3, 0.4) is 0 Å². The molecule has 110 valence electrons. The molecule has 1 heterocycles. The van der Waals surface area contributed by atoms with Crippen molar-refractivity contribution >= 4 is 24.5 Å². The van der Waals surface area contributed by atoms with E-state index in [1.807, 2.05) is 0 Å². The lowest BCUT2D eigenvalue weighted by atomic mass is 9.90. The average molecular weight is 295 g/mol. The van der Waals surface area contributed by atoms with E-state index < -0.39 is 12.0 Å². The first kappa shape index (κ1) is 15.2. The van der Waals surface area contributed by atoms with Crippen LogP contribution >= 0.6 is 12.6 Å². The molecule has 0 spiro atoms. The predicted octanol–water partition coefficient (Wildman–Crippen LogP) is 2.13. The fourth-order valence-corrected chi connectivity index (χ4v) is 3.05. The van der Waals surface area contributed by atoms with Gasteiger partial charge in [0, 0.05) is 24.1 Å². The van der Waals surface area contributed by atoms with E-state index in [0.29, 0.717) is 18.7 Å². The number of allylic oxidation sites excluding steroid dienone is 3. The third kappa shape index (κ3) is 3.08. The summed E-state index contributed by atoms with van der Waals surface area (Å²) in [5, 5.41) is 9.36. The molecule has 2 rings (SSSR count). The van der Waals surface area contributed by atoms with Crippen LogP contribution in [0.5, 0.6) is 0 Å². The summed E-state index contributed by atoms with van der Waals surface area (Å²) in [5.74, 6) is -0.616. The van der Waals surface area contributed by atoms with E-state index >= 15 is 0 Å². The Bertz CT molecular complexity index is 458. The van der Waals surface area contributed by atoms with Gasteiger partial charge in [0.1, 0.15) is 6.04 Å². The van der Waals surface area contributed by atoms with Crippen molar-refractivity contribution in [1.82, 2.24) is 4.90 Å². The van der Waals surface area contributed by atoms with Crippen LogP contribution in [-0.2, 0) is 9.59 Å². The molecular weight excluding hydrogens is 274 g/mol. The Balaban J connectivity index is 2.13. The second kappa shape index (κ2) is 6.48. The predicted molar refractivity (Wildman–Crippen MR) is 80.7 cm³/mol. The van der Waals surface area contributed by atoms with Gasteiger partial charge in [-0.25, -0.2) is 4.79 Å². The van der Waals surface area contributed by atoms with Gasteiger partial charge in [-0.05, 0) is 19.3 Å². The Labute approximate surface area is 124 Å². The summed E-state index contributed by atoms with van der Waals surface area (Å²) in [5.41, 5.74) is 1.27. The number of carbonyl (C=O) groups is 2. The highest BCUT2D eigenvalue weighted by Gasteiger charge is 2.41. The van der Waals surface area contributed by atoms with E-state index in [9.17, 15) is 14.7 Å². The second-order valence-electron chi connectivity index (χ2n) is 5.55. The molecule has 5 heteroatoms. The summed E-state index contributed by atoms with van der Waals surface area (Å²) in [6.45, 7) is 2.32. The van der Waals surface area contributed by atoms with Crippen LogP contribution < -0.4 is 0 Å². The van der Waals surface area contributed by atoms with E-state index in [1.54, 1.807) is 6.92 Å². The molecule has 2 aliphatic rings. The van der Waals surface area contributed by atoms with Crippen LogP contribution in [-0.4, -0.2) is 40.2 Å². The van der Waals surface area contributed by atoms with Crippen LogP contribution in [0, 0.1) is 11.8 Å². The molecule has 0 saturated carbocycles. The van der Waals surface area contributed by atoms with Gasteiger partial charge in [-0.15, -0.1) is 0 Å². The minimum absolute atomic E-state index is 0.0955. The SMILES string of the molecule is CC(CS)C(=O)N1CC(C2=CCC=CC2)C[C@H]1C(=O)O. The molecule has 0 aromatic rings. The smallest absolute Gasteiger partial charge is 0.326 e. The van der Waals surface area contributed by atoms with Crippen molar-refractivity contribution in [3.8, 4) is 0 Å². The number of carboxylic acid groups (broad SMARTS) is 1. The van der Waals surface area contributed by atoms with Crippen molar-refractivity contribution in [2.75, 3.05) is 12.3 Å². The molecule has 0 aromatic carbocycles. The maximum Gasteiger partial charge on any atom is 0.326 e. The van der Waals surface area contributed by atoms with E-state index in [-0.39, 0.29) is 17.7 Å². The molecule has 20 heavy (non-hydrogen) atoms. The number of thiol groups is 1. The first-order chi connectivity index (χ1) is 9.54. The number of nitrogens with zero attached hydrogens (tertiary/aromatic N) is 1. The Morgan fingerprint density at radius 3 is 2.80 bits per heavy atom. The summed E-state index contributed by atoms with van der Waals surface area (Å²) >= 11 is 4.14. The maximum atomic E-state index is 12.3. The molecule has 4 nitrogen and oxygen atoms in total. The molecule has 0 bridgehead atoms. The van der Waals surface area contributed by atoms with Gasteiger partial charge in [-0.1, -0.05) is 30.7 Å². The van der Waals surface area contributed by atoms with E-state index in [2.05, 4.69) is 30.9 Å². The molecule has 1 aliphatic carbocycles. The first-order valence-corrected chi connectivity index (χ1v) is 7.66. The zero-order valence-electron chi connectivity index (χ0n) is 11.7. The topological polar surface area (TPSA) is 57.6 Å². The Morgan fingerprint density at radius 1 is 1.50 bits per heavy atom. The van der Waals surface area contributed by atoms with Gasteiger partial charge in [0.05, 0.1) is 0 Å². The summed E-state index contributed by atoms with van der Waals surface area (Å²) < 4.78 is 0. The molecular formula is C15H21NO3S. The number of likely N-dealkylation sites (tertiary alicyclic amines) is 1. The summed E-state index contributed by atoms with van der Waals surface area (Å²) in [6, 6.07) is -0.693. The standard InChI is InChI=1S/C15H21NO3S/c1-10(9-20)14(17)16-8-12(7-13(16)15(18)19)11-5-3-2-4-6-11/h2-3,6,10,12-13,20H,4-5,7-9H2,1H3,(H,18,19)/t10?,12?,13-/m0/s1. The van der Waals surface area contributed by atoms with Crippen molar-refractivity contribution in [2.45, 2.75) is 32.2 Å². The minimum atomic E-state index is -0.904. The van der Waals surface area contributed by atoms with Gasteiger partial charge in [-0.3, -0.25) is 4.79 Å². The summed E-state index contributed by atoms with van der Waals surface area (Å²) in [6.07, 6.45) is 8.70. The van der Waals surface area contributed by atoms with Crippen molar-refractivity contribution in [3.63, 3.8) is 0 Å². The number of carboxylic acids is 1. The summed E-state index contributed by atoms with van der Waals surface area (Å²) in [7, 11) is 0. The van der Waals surface area contributed by atoms with E-state index in [1.165, 1.54) is 10.5 Å². The van der Waals surface area contributed by atoms with Crippen molar-refractivity contribution < 1.29 is 14.7 Å². The normalized spacial score (nSPS) is 27.3. The van der Waals surface area contributed by atoms with E-state index in [4.69, 9.17) is 0 Å². The van der Waals surface area contributed by atoms with Crippen LogP contribution in [0.2, 0.25) is 0 Å². The van der Waals surface area contributed by atoms with Crippen LogP contribution in [0.4, 0.5) is 0 Å². The van der Waals surface area contributed by atoms with Crippen molar-refractivity contribution in [3.05, 3.63) is 23.8 Å². The molecule has 1 N–H and O–H groups in total. The second-order valence-corrected chi connectivity index (χ2v) is 5.92. The van der Waals surface area contributed by atoms with Gasteiger partial charge >= 0.3 is 5.97 Å². The number of rotatable bonds is 4. The Morgan fingerprint density at radius 2 is 2.25 bits per heavy atom. The highest BCUT2D eigenvalue weighted by molar-refractivity contribution is 7.80. The molecule has 0 radical (unpaired) electrons. The Hall–Kier alpha value is -1.23. The molecule has 1 amide bonds. The fourth-order valence-electron chi connectivity index (χ4n) is 2.90.